The van der Waals surface area contributed by atoms with Crippen LogP contribution in [-0.4, -0.2) is 28.3 Å². The smallest absolute Gasteiger partial charge is 0.315 e. The Morgan fingerprint density at radius 1 is 1.38 bits per heavy atom. The first kappa shape index (κ1) is 15.3. The quantitative estimate of drug-likeness (QED) is 0.784. The van der Waals surface area contributed by atoms with E-state index in [1.807, 2.05) is 6.92 Å². The van der Waals surface area contributed by atoms with E-state index in [0.29, 0.717) is 25.1 Å². The molecule has 2 atom stereocenters. The molecule has 0 radical (unpaired) electrons. The standard InChI is InChI=1S/C14H21N3O4/c1-8-12(9(2)21-17-8)7-15-14(20)16-11-5-3-4-10(6-11)13(18)19/h10-11H,3-7H2,1-2H3,(H,18,19)(H2,15,16,20). The molecule has 7 nitrogen and oxygen atoms in total. The van der Waals surface area contributed by atoms with E-state index < -0.39 is 5.97 Å². The molecule has 0 aromatic carbocycles. The predicted molar refractivity (Wildman–Crippen MR) is 74.7 cm³/mol. The summed E-state index contributed by atoms with van der Waals surface area (Å²) in [5.41, 5.74) is 1.63. The second-order valence-corrected chi connectivity index (χ2v) is 5.53. The van der Waals surface area contributed by atoms with E-state index in [1.165, 1.54) is 0 Å². The zero-order valence-corrected chi connectivity index (χ0v) is 12.3. The van der Waals surface area contributed by atoms with Crippen LogP contribution in [0.4, 0.5) is 4.79 Å². The van der Waals surface area contributed by atoms with Gasteiger partial charge in [0.2, 0.25) is 0 Å². The molecular formula is C14H21N3O4. The minimum Gasteiger partial charge on any atom is -0.481 e. The molecule has 3 N–H and O–H groups in total. The molecule has 0 aliphatic heterocycles. The number of aliphatic carboxylic acids is 1. The molecule has 1 saturated carbocycles. The number of nitrogens with one attached hydrogen (secondary N) is 2. The number of urea groups is 1. The van der Waals surface area contributed by atoms with Crippen molar-refractivity contribution in [2.45, 2.75) is 52.1 Å². The minimum absolute atomic E-state index is 0.0791. The lowest BCUT2D eigenvalue weighted by Gasteiger charge is -2.27. The van der Waals surface area contributed by atoms with Crippen molar-refractivity contribution in [1.29, 1.82) is 0 Å². The molecule has 7 heteroatoms. The second kappa shape index (κ2) is 6.60. The molecule has 1 heterocycles. The molecular weight excluding hydrogens is 274 g/mol. The summed E-state index contributed by atoms with van der Waals surface area (Å²) in [5, 5.41) is 18.5. The highest BCUT2D eigenvalue weighted by Gasteiger charge is 2.27. The van der Waals surface area contributed by atoms with E-state index in [2.05, 4.69) is 15.8 Å². The Kier molecular flexibility index (Phi) is 4.82. The molecule has 0 spiro atoms. The van der Waals surface area contributed by atoms with E-state index in [-0.39, 0.29) is 18.0 Å². The molecule has 1 aromatic heterocycles. The van der Waals surface area contributed by atoms with Gasteiger partial charge in [0.15, 0.2) is 0 Å². The van der Waals surface area contributed by atoms with Crippen LogP contribution < -0.4 is 10.6 Å². The van der Waals surface area contributed by atoms with Gasteiger partial charge in [-0.1, -0.05) is 11.6 Å². The topological polar surface area (TPSA) is 104 Å². The number of aryl methyl sites for hydroxylation is 2. The number of amides is 2. The summed E-state index contributed by atoms with van der Waals surface area (Å²) in [4.78, 5) is 22.9. The fourth-order valence-corrected chi connectivity index (χ4v) is 2.70. The lowest BCUT2D eigenvalue weighted by atomic mass is 9.86. The summed E-state index contributed by atoms with van der Waals surface area (Å²) in [6.45, 7) is 3.97. The van der Waals surface area contributed by atoms with Gasteiger partial charge in [0, 0.05) is 18.2 Å². The summed E-state index contributed by atoms with van der Waals surface area (Å²) in [7, 11) is 0. The number of carboxylic acids is 1. The van der Waals surface area contributed by atoms with Gasteiger partial charge in [-0.05, 0) is 33.1 Å². The molecule has 0 saturated heterocycles. The summed E-state index contributed by atoms with van der Waals surface area (Å²) in [6, 6.07) is -0.365. The first-order valence-corrected chi connectivity index (χ1v) is 7.16. The number of aromatic nitrogens is 1. The van der Waals surface area contributed by atoms with Gasteiger partial charge in [-0.2, -0.15) is 0 Å². The highest BCUT2D eigenvalue weighted by atomic mass is 16.5. The van der Waals surface area contributed by atoms with E-state index >= 15 is 0 Å². The van der Waals surface area contributed by atoms with Crippen molar-refractivity contribution < 1.29 is 19.2 Å². The fraction of sp³-hybridized carbons (Fsp3) is 0.643. The number of hydrogen-bond acceptors (Lipinski definition) is 4. The average Bonchev–Trinajstić information content (AvgIpc) is 2.76. The summed E-state index contributed by atoms with van der Waals surface area (Å²) in [6.07, 6.45) is 2.83. The van der Waals surface area contributed by atoms with Crippen LogP contribution >= 0.6 is 0 Å². The van der Waals surface area contributed by atoms with E-state index in [9.17, 15) is 9.59 Å². The fourth-order valence-electron chi connectivity index (χ4n) is 2.70. The van der Waals surface area contributed by atoms with Crippen molar-refractivity contribution in [3.63, 3.8) is 0 Å². The first-order valence-electron chi connectivity index (χ1n) is 7.16. The second-order valence-electron chi connectivity index (χ2n) is 5.53. The summed E-state index contributed by atoms with van der Waals surface area (Å²) >= 11 is 0. The summed E-state index contributed by atoms with van der Waals surface area (Å²) < 4.78 is 5.03. The maximum absolute atomic E-state index is 11.9. The monoisotopic (exact) mass is 295 g/mol. The van der Waals surface area contributed by atoms with Crippen LogP contribution in [0, 0.1) is 19.8 Å². The van der Waals surface area contributed by atoms with Crippen molar-refractivity contribution in [3.05, 3.63) is 17.0 Å². The van der Waals surface area contributed by atoms with Gasteiger partial charge >= 0.3 is 12.0 Å². The third-order valence-corrected chi connectivity index (χ3v) is 3.97. The van der Waals surface area contributed by atoms with E-state index in [0.717, 1.165) is 24.1 Å². The first-order chi connectivity index (χ1) is 9.97. The van der Waals surface area contributed by atoms with Gasteiger partial charge in [0.1, 0.15) is 5.76 Å². The van der Waals surface area contributed by atoms with Gasteiger partial charge in [0.05, 0.1) is 11.6 Å². The van der Waals surface area contributed by atoms with Crippen LogP contribution in [0.5, 0.6) is 0 Å². The van der Waals surface area contributed by atoms with Crippen LogP contribution in [0.3, 0.4) is 0 Å². The number of hydrogen-bond donors (Lipinski definition) is 3. The molecule has 2 amide bonds. The van der Waals surface area contributed by atoms with Gasteiger partial charge < -0.3 is 20.3 Å². The molecule has 2 unspecified atom stereocenters. The highest BCUT2D eigenvalue weighted by Crippen LogP contribution is 2.24. The Morgan fingerprint density at radius 3 is 2.76 bits per heavy atom. The molecule has 116 valence electrons. The van der Waals surface area contributed by atoms with Crippen molar-refractivity contribution in [3.8, 4) is 0 Å². The molecule has 21 heavy (non-hydrogen) atoms. The van der Waals surface area contributed by atoms with Crippen molar-refractivity contribution >= 4 is 12.0 Å². The Labute approximate surface area is 123 Å². The predicted octanol–water partition coefficient (Wildman–Crippen LogP) is 1.73. The SMILES string of the molecule is Cc1noc(C)c1CNC(=O)NC1CCCC(C(=O)O)C1. The lowest BCUT2D eigenvalue weighted by Crippen LogP contribution is -2.44. The molecule has 2 rings (SSSR count). The van der Waals surface area contributed by atoms with E-state index in [1.54, 1.807) is 6.92 Å². The molecule has 1 aromatic rings. The zero-order chi connectivity index (χ0) is 15.4. The molecule has 1 aliphatic carbocycles. The van der Waals surface area contributed by atoms with Gasteiger partial charge in [-0.25, -0.2) is 4.79 Å². The Morgan fingerprint density at radius 2 is 2.14 bits per heavy atom. The third kappa shape index (κ3) is 3.96. The molecule has 1 aliphatic rings. The molecule has 1 fully saturated rings. The Balaban J connectivity index is 1.80. The van der Waals surface area contributed by atoms with Gasteiger partial charge in [-0.15, -0.1) is 0 Å². The van der Waals surface area contributed by atoms with Crippen LogP contribution in [0.2, 0.25) is 0 Å². The molecule has 0 bridgehead atoms. The highest BCUT2D eigenvalue weighted by molar-refractivity contribution is 5.74. The van der Waals surface area contributed by atoms with Gasteiger partial charge in [-0.3, -0.25) is 4.79 Å². The average molecular weight is 295 g/mol. The van der Waals surface area contributed by atoms with Crippen molar-refractivity contribution in [1.82, 2.24) is 15.8 Å². The maximum atomic E-state index is 11.9. The van der Waals surface area contributed by atoms with Crippen LogP contribution in [-0.2, 0) is 11.3 Å². The Hall–Kier alpha value is -2.05. The number of nitrogens with zero attached hydrogens (tertiary/aromatic N) is 1. The number of carbonyl (C=O) groups is 2. The Bertz CT molecular complexity index is 507. The number of carbonyl (C=O) groups excluding carboxylic acids is 1. The third-order valence-electron chi connectivity index (χ3n) is 3.97. The van der Waals surface area contributed by atoms with Crippen LogP contribution in [0.15, 0.2) is 4.52 Å². The van der Waals surface area contributed by atoms with Crippen LogP contribution in [0.1, 0.15) is 42.7 Å². The number of rotatable bonds is 4. The zero-order valence-electron chi connectivity index (χ0n) is 12.3. The minimum atomic E-state index is -0.780. The van der Waals surface area contributed by atoms with Crippen molar-refractivity contribution in [2.75, 3.05) is 0 Å². The van der Waals surface area contributed by atoms with Crippen molar-refractivity contribution in [2.24, 2.45) is 5.92 Å². The van der Waals surface area contributed by atoms with Gasteiger partial charge in [0.25, 0.3) is 0 Å². The summed E-state index contributed by atoms with van der Waals surface area (Å²) in [5.74, 6) is -0.444. The number of carboxylic acid groups (broad SMARTS) is 1. The maximum Gasteiger partial charge on any atom is 0.315 e. The largest absolute Gasteiger partial charge is 0.481 e. The van der Waals surface area contributed by atoms with Crippen LogP contribution in [0.25, 0.3) is 0 Å². The normalized spacial score (nSPS) is 21.8. The lowest BCUT2D eigenvalue weighted by molar-refractivity contribution is -0.143. The van der Waals surface area contributed by atoms with E-state index in [4.69, 9.17) is 9.63 Å².